The maximum absolute atomic E-state index is 12.3. The second-order valence-electron chi connectivity index (χ2n) is 5.30. The van der Waals surface area contributed by atoms with Crippen LogP contribution in [-0.4, -0.2) is 33.9 Å². The van der Waals surface area contributed by atoms with Crippen molar-refractivity contribution in [1.82, 2.24) is 4.90 Å². The quantitative estimate of drug-likeness (QED) is 0.664. The van der Waals surface area contributed by atoms with E-state index < -0.39 is 10.8 Å². The largest absolute Gasteiger partial charge is 0.342 e. The van der Waals surface area contributed by atoms with Crippen LogP contribution in [0.15, 0.2) is 30.3 Å². The molecule has 0 heterocycles. The standard InChI is InChI=1S/C17H27NO2S/c1-3-5-12-18(13-6-4-2)17(19)15-21(20)14-16-10-8-7-9-11-16/h7-11H,3-6,12-15H2,1-2H3. The van der Waals surface area contributed by atoms with Crippen LogP contribution in [0.4, 0.5) is 0 Å². The number of amides is 1. The Hall–Kier alpha value is -1.16. The van der Waals surface area contributed by atoms with Gasteiger partial charge in [0.1, 0.15) is 5.75 Å². The number of carbonyl (C=O) groups is 1. The highest BCUT2D eigenvalue weighted by molar-refractivity contribution is 7.84. The molecule has 0 aliphatic carbocycles. The van der Waals surface area contributed by atoms with Gasteiger partial charge in [0.05, 0.1) is 0 Å². The first-order valence-corrected chi connectivity index (χ1v) is 9.32. The SMILES string of the molecule is CCCCN(CCCC)C(=O)CS(=O)Cc1ccccc1. The molecule has 0 saturated heterocycles. The van der Waals surface area contributed by atoms with E-state index in [0.29, 0.717) is 5.75 Å². The number of unbranched alkanes of at least 4 members (excludes halogenated alkanes) is 2. The number of hydrogen-bond donors (Lipinski definition) is 0. The van der Waals surface area contributed by atoms with Crippen LogP contribution in [0.5, 0.6) is 0 Å². The molecule has 1 atom stereocenters. The molecule has 1 rings (SSSR count). The predicted octanol–water partition coefficient (Wildman–Crippen LogP) is 3.36. The Kier molecular flexibility index (Phi) is 8.99. The number of nitrogens with zero attached hydrogens (tertiary/aromatic N) is 1. The Morgan fingerprint density at radius 3 is 2.14 bits per heavy atom. The predicted molar refractivity (Wildman–Crippen MR) is 89.6 cm³/mol. The van der Waals surface area contributed by atoms with Gasteiger partial charge < -0.3 is 4.90 Å². The zero-order valence-corrected chi connectivity index (χ0v) is 14.0. The minimum atomic E-state index is -1.12. The fraction of sp³-hybridized carbons (Fsp3) is 0.588. The van der Waals surface area contributed by atoms with Crippen LogP contribution in [0.25, 0.3) is 0 Å². The molecule has 1 amide bonds. The van der Waals surface area contributed by atoms with Gasteiger partial charge in [-0.15, -0.1) is 0 Å². The summed E-state index contributed by atoms with van der Waals surface area (Å²) in [7, 11) is -1.12. The number of benzene rings is 1. The van der Waals surface area contributed by atoms with Crippen molar-refractivity contribution in [3.8, 4) is 0 Å². The minimum absolute atomic E-state index is 0.0335. The Morgan fingerprint density at radius 2 is 1.62 bits per heavy atom. The molecule has 0 fully saturated rings. The zero-order chi connectivity index (χ0) is 15.5. The van der Waals surface area contributed by atoms with Gasteiger partial charge >= 0.3 is 0 Å². The normalized spacial score (nSPS) is 12.1. The fourth-order valence-electron chi connectivity index (χ4n) is 2.10. The molecule has 1 aromatic carbocycles. The van der Waals surface area contributed by atoms with E-state index in [1.54, 1.807) is 0 Å². The molecule has 118 valence electrons. The Labute approximate surface area is 131 Å². The molecule has 4 heteroatoms. The van der Waals surface area contributed by atoms with Crippen LogP contribution in [0, 0.1) is 0 Å². The molecule has 0 spiro atoms. The molecule has 1 unspecified atom stereocenters. The van der Waals surface area contributed by atoms with Gasteiger partial charge in [-0.2, -0.15) is 0 Å². The van der Waals surface area contributed by atoms with Gasteiger partial charge in [-0.1, -0.05) is 57.0 Å². The smallest absolute Gasteiger partial charge is 0.235 e. The second kappa shape index (κ2) is 10.6. The molecular weight excluding hydrogens is 282 g/mol. The topological polar surface area (TPSA) is 37.4 Å². The third-order valence-electron chi connectivity index (χ3n) is 3.37. The summed E-state index contributed by atoms with van der Waals surface area (Å²) in [5.74, 6) is 0.635. The highest BCUT2D eigenvalue weighted by Crippen LogP contribution is 2.06. The summed E-state index contributed by atoms with van der Waals surface area (Å²) in [6, 6.07) is 9.71. The van der Waals surface area contributed by atoms with Crippen molar-refractivity contribution in [2.45, 2.75) is 45.3 Å². The highest BCUT2D eigenvalue weighted by atomic mass is 32.2. The molecule has 0 N–H and O–H groups in total. The average Bonchev–Trinajstić information content (AvgIpc) is 2.48. The van der Waals surface area contributed by atoms with E-state index in [1.807, 2.05) is 35.2 Å². The van der Waals surface area contributed by atoms with Crippen LogP contribution in [-0.2, 0) is 21.3 Å². The van der Waals surface area contributed by atoms with Gasteiger partial charge in [-0.25, -0.2) is 0 Å². The lowest BCUT2D eigenvalue weighted by molar-refractivity contribution is -0.128. The van der Waals surface area contributed by atoms with Gasteiger partial charge in [0, 0.05) is 29.6 Å². The fourth-order valence-corrected chi connectivity index (χ4v) is 3.22. The summed E-state index contributed by atoms with van der Waals surface area (Å²) in [6.45, 7) is 5.82. The van der Waals surface area contributed by atoms with E-state index in [0.717, 1.165) is 44.3 Å². The van der Waals surface area contributed by atoms with Gasteiger partial charge in [0.2, 0.25) is 5.91 Å². The van der Waals surface area contributed by atoms with Crippen LogP contribution in [0.2, 0.25) is 0 Å². The lowest BCUT2D eigenvalue weighted by Crippen LogP contribution is -2.36. The van der Waals surface area contributed by atoms with Crippen LogP contribution in [0.1, 0.15) is 45.1 Å². The summed E-state index contributed by atoms with van der Waals surface area (Å²) in [6.07, 6.45) is 4.17. The lowest BCUT2D eigenvalue weighted by atomic mass is 10.2. The van der Waals surface area contributed by atoms with Crippen molar-refractivity contribution >= 4 is 16.7 Å². The second-order valence-corrected chi connectivity index (χ2v) is 6.76. The molecule has 0 aliphatic heterocycles. The van der Waals surface area contributed by atoms with Crippen molar-refractivity contribution in [2.24, 2.45) is 0 Å². The van der Waals surface area contributed by atoms with Crippen LogP contribution >= 0.6 is 0 Å². The molecule has 21 heavy (non-hydrogen) atoms. The van der Waals surface area contributed by atoms with Gasteiger partial charge in [0.25, 0.3) is 0 Å². The van der Waals surface area contributed by atoms with Gasteiger partial charge in [0.15, 0.2) is 0 Å². The van der Waals surface area contributed by atoms with E-state index in [-0.39, 0.29) is 11.7 Å². The van der Waals surface area contributed by atoms with E-state index >= 15 is 0 Å². The van der Waals surface area contributed by atoms with E-state index in [2.05, 4.69) is 13.8 Å². The first-order chi connectivity index (χ1) is 10.2. The van der Waals surface area contributed by atoms with Crippen LogP contribution < -0.4 is 0 Å². The summed E-state index contributed by atoms with van der Waals surface area (Å²) in [5.41, 5.74) is 1.03. The first kappa shape index (κ1) is 17.9. The van der Waals surface area contributed by atoms with E-state index in [9.17, 15) is 9.00 Å². The summed E-state index contributed by atoms with van der Waals surface area (Å²) < 4.78 is 12.1. The Morgan fingerprint density at radius 1 is 1.05 bits per heavy atom. The zero-order valence-electron chi connectivity index (χ0n) is 13.2. The third kappa shape index (κ3) is 7.42. The number of hydrogen-bond acceptors (Lipinski definition) is 2. The van der Waals surface area contributed by atoms with E-state index in [1.165, 1.54) is 0 Å². The van der Waals surface area contributed by atoms with Gasteiger partial charge in [-0.3, -0.25) is 9.00 Å². The third-order valence-corrected chi connectivity index (χ3v) is 4.60. The molecule has 3 nitrogen and oxygen atoms in total. The molecule has 0 aromatic heterocycles. The van der Waals surface area contributed by atoms with Crippen molar-refractivity contribution in [3.05, 3.63) is 35.9 Å². The molecule has 0 aliphatic rings. The molecule has 0 radical (unpaired) electrons. The minimum Gasteiger partial charge on any atom is -0.342 e. The Balaban J connectivity index is 2.48. The Bertz CT molecular complexity index is 426. The molecule has 0 bridgehead atoms. The van der Waals surface area contributed by atoms with E-state index in [4.69, 9.17) is 0 Å². The highest BCUT2D eigenvalue weighted by Gasteiger charge is 2.15. The van der Waals surface area contributed by atoms with Crippen LogP contribution in [0.3, 0.4) is 0 Å². The lowest BCUT2D eigenvalue weighted by Gasteiger charge is -2.22. The van der Waals surface area contributed by atoms with Crippen molar-refractivity contribution in [3.63, 3.8) is 0 Å². The van der Waals surface area contributed by atoms with Crippen molar-refractivity contribution < 1.29 is 9.00 Å². The molecular formula is C17H27NO2S. The number of carbonyl (C=O) groups excluding carboxylic acids is 1. The molecule has 0 saturated carbocycles. The first-order valence-electron chi connectivity index (χ1n) is 7.84. The summed E-state index contributed by atoms with van der Waals surface area (Å²) in [4.78, 5) is 14.2. The monoisotopic (exact) mass is 309 g/mol. The number of rotatable bonds is 10. The maximum atomic E-state index is 12.3. The maximum Gasteiger partial charge on any atom is 0.235 e. The van der Waals surface area contributed by atoms with Crippen molar-refractivity contribution in [2.75, 3.05) is 18.8 Å². The summed E-state index contributed by atoms with van der Waals surface area (Å²) >= 11 is 0. The average molecular weight is 309 g/mol. The van der Waals surface area contributed by atoms with Gasteiger partial charge in [-0.05, 0) is 18.4 Å². The van der Waals surface area contributed by atoms with Crippen molar-refractivity contribution in [1.29, 1.82) is 0 Å². The summed E-state index contributed by atoms with van der Waals surface area (Å²) in [5, 5.41) is 0. The molecule has 1 aromatic rings.